The van der Waals surface area contributed by atoms with Crippen molar-refractivity contribution in [2.75, 3.05) is 6.61 Å². The van der Waals surface area contributed by atoms with Gasteiger partial charge in [0.25, 0.3) is 0 Å². The Labute approximate surface area is 95.3 Å². The fourth-order valence-electron chi connectivity index (χ4n) is 0.967. The van der Waals surface area contributed by atoms with Crippen molar-refractivity contribution in [2.24, 2.45) is 0 Å². The number of carbonyl (C=O) groups excluding carboxylic acids is 1. The maximum Gasteiger partial charge on any atom is 0.213 e. The molecule has 0 aromatic heterocycles. The van der Waals surface area contributed by atoms with Gasteiger partial charge in [0.15, 0.2) is 0 Å². The Morgan fingerprint density at radius 3 is 2.43 bits per heavy atom. The van der Waals surface area contributed by atoms with Gasteiger partial charge in [0, 0.05) is 5.25 Å². The highest BCUT2D eigenvalue weighted by atomic mass is 32.9. The van der Waals surface area contributed by atoms with E-state index in [0.29, 0.717) is 18.3 Å². The monoisotopic (exact) mass is 255 g/mol. The molecule has 0 rings (SSSR count). The second kappa shape index (κ2) is 7.69. The van der Waals surface area contributed by atoms with E-state index in [2.05, 4.69) is 18.9 Å². The van der Waals surface area contributed by atoms with Crippen LogP contribution in [0.15, 0.2) is 0 Å². The molecule has 0 bridgehead atoms. The topological polar surface area (TPSA) is 38.3 Å². The van der Waals surface area contributed by atoms with Crippen LogP contribution >= 0.6 is 17.0 Å². The molecule has 0 aliphatic carbocycles. The third-order valence-corrected chi connectivity index (χ3v) is 7.74. The van der Waals surface area contributed by atoms with Crippen LogP contribution in [0.5, 0.6) is 0 Å². The summed E-state index contributed by atoms with van der Waals surface area (Å²) in [5, 5.41) is 3.12. The van der Waals surface area contributed by atoms with Crippen molar-refractivity contribution in [3.63, 3.8) is 0 Å². The van der Waals surface area contributed by atoms with Gasteiger partial charge >= 0.3 is 0 Å². The molecule has 0 saturated carbocycles. The van der Waals surface area contributed by atoms with E-state index in [1.165, 1.54) is 0 Å². The van der Waals surface area contributed by atoms with Gasteiger partial charge in [-0.05, 0) is 31.6 Å². The molecular weight excluding hydrogens is 237 g/mol. The van der Waals surface area contributed by atoms with Gasteiger partial charge in [0.1, 0.15) is 0 Å². The lowest BCUT2D eigenvalue weighted by Crippen LogP contribution is -2.10. The molecule has 0 aliphatic heterocycles. The van der Waals surface area contributed by atoms with E-state index >= 15 is 0 Å². The van der Waals surface area contributed by atoms with Gasteiger partial charge in [0.05, 0.1) is 6.61 Å². The molecule has 3 nitrogen and oxygen atoms in total. The van der Waals surface area contributed by atoms with Crippen LogP contribution in [0.3, 0.4) is 0 Å². The van der Waals surface area contributed by atoms with Crippen molar-refractivity contribution in [3.05, 3.63) is 0 Å². The highest BCUT2D eigenvalue weighted by Crippen LogP contribution is 2.58. The second-order valence-electron chi connectivity index (χ2n) is 2.71. The summed E-state index contributed by atoms with van der Waals surface area (Å²) < 4.78 is 5.45. The Kier molecular flexibility index (Phi) is 7.92. The number of rotatable bonds is 8. The average Bonchev–Trinajstić information content (AvgIpc) is 2.15. The molecule has 0 fully saturated rings. The zero-order chi connectivity index (χ0) is 11.0. The van der Waals surface area contributed by atoms with Gasteiger partial charge in [-0.1, -0.05) is 25.2 Å². The lowest BCUT2D eigenvalue weighted by atomic mass is 10.3. The maximum absolute atomic E-state index is 10.4. The molecule has 0 heterocycles. The molecule has 1 N–H and O–H groups in total. The van der Waals surface area contributed by atoms with Gasteiger partial charge < -0.3 is 9.61 Å². The van der Waals surface area contributed by atoms with E-state index in [9.17, 15) is 4.79 Å². The van der Waals surface area contributed by atoms with Crippen LogP contribution in [0.2, 0.25) is 0 Å². The predicted octanol–water partition coefficient (Wildman–Crippen LogP) is 2.92. The van der Waals surface area contributed by atoms with Gasteiger partial charge in [0.2, 0.25) is 12.0 Å². The minimum Gasteiger partial charge on any atom is -0.327 e. The Bertz CT molecular complexity index is 210. The zero-order valence-electron chi connectivity index (χ0n) is 8.86. The van der Waals surface area contributed by atoms with Gasteiger partial charge in [-0.15, -0.1) is 0 Å². The summed E-state index contributed by atoms with van der Waals surface area (Å²) in [4.78, 5) is 10.4. The zero-order valence-corrected chi connectivity index (χ0v) is 11.4. The Morgan fingerprint density at radius 1 is 1.50 bits per heavy atom. The predicted molar refractivity (Wildman–Crippen MR) is 67.1 cm³/mol. The van der Waals surface area contributed by atoms with Crippen molar-refractivity contribution in [1.29, 1.82) is 0 Å². The molecule has 6 heteroatoms. The summed E-state index contributed by atoms with van der Waals surface area (Å²) in [5.74, 6) is 0. The van der Waals surface area contributed by atoms with Crippen LogP contribution in [-0.2, 0) is 21.1 Å². The van der Waals surface area contributed by atoms with Crippen LogP contribution in [0.4, 0.5) is 0 Å². The molecule has 14 heavy (non-hydrogen) atoms. The first kappa shape index (κ1) is 14.4. The second-order valence-corrected chi connectivity index (χ2v) is 9.51. The van der Waals surface area contributed by atoms with E-state index in [-0.39, 0.29) is 0 Å². The van der Waals surface area contributed by atoms with Crippen LogP contribution < -0.4 is 5.09 Å². The summed E-state index contributed by atoms with van der Waals surface area (Å²) >= 11 is 6.92. The molecule has 0 saturated heterocycles. The van der Waals surface area contributed by atoms with Gasteiger partial charge in [-0.3, -0.25) is 4.79 Å². The molecule has 0 aromatic rings. The summed E-state index contributed by atoms with van der Waals surface area (Å²) in [6.45, 7) is 6.67. The van der Waals surface area contributed by atoms with Crippen LogP contribution in [-0.4, -0.2) is 18.3 Å². The first-order chi connectivity index (χ1) is 6.61. The highest BCUT2D eigenvalue weighted by molar-refractivity contribution is 8.69. The van der Waals surface area contributed by atoms with E-state index in [1.807, 2.05) is 6.92 Å². The molecule has 0 spiro atoms. The van der Waals surface area contributed by atoms with Crippen LogP contribution in [0.25, 0.3) is 0 Å². The average molecular weight is 255 g/mol. The van der Waals surface area contributed by atoms with E-state index in [4.69, 9.17) is 16.3 Å². The number of nitrogens with one attached hydrogen (secondary N) is 1. The summed E-state index contributed by atoms with van der Waals surface area (Å²) in [5.41, 5.74) is -2.18. The highest BCUT2D eigenvalue weighted by Gasteiger charge is 2.21. The first-order valence-corrected chi connectivity index (χ1v) is 8.96. The van der Waals surface area contributed by atoms with E-state index in [1.54, 1.807) is 11.4 Å². The van der Waals surface area contributed by atoms with Gasteiger partial charge in [-0.2, -0.15) is 0 Å². The first-order valence-electron chi connectivity index (χ1n) is 4.76. The number of amides is 1. The van der Waals surface area contributed by atoms with Crippen molar-refractivity contribution < 1.29 is 9.32 Å². The maximum atomic E-state index is 10.4. The molecule has 1 unspecified atom stereocenters. The third-order valence-electron chi connectivity index (χ3n) is 1.71. The number of hydrogen-bond acceptors (Lipinski definition) is 4. The summed E-state index contributed by atoms with van der Waals surface area (Å²) in [6.07, 6.45) is 2.74. The lowest BCUT2D eigenvalue weighted by Gasteiger charge is -2.23. The van der Waals surface area contributed by atoms with Crippen molar-refractivity contribution in [3.8, 4) is 0 Å². The summed E-state index contributed by atoms with van der Waals surface area (Å²) in [7, 11) is 0. The Morgan fingerprint density at radius 2 is 2.07 bits per heavy atom. The molecule has 0 radical (unpaired) electrons. The molecule has 84 valence electrons. The smallest absolute Gasteiger partial charge is 0.213 e. The fourth-order valence-corrected chi connectivity index (χ4v) is 6.75. The quantitative estimate of drug-likeness (QED) is 0.534. The Hall–Kier alpha value is 0.430. The van der Waals surface area contributed by atoms with Crippen molar-refractivity contribution >= 4 is 35.2 Å². The molecule has 1 amide bonds. The van der Waals surface area contributed by atoms with E-state index < -0.39 is 5.62 Å². The number of carbonyl (C=O) groups is 1. The molecule has 1 atom stereocenters. The Balaban J connectivity index is 4.33. The molecular formula is C8H18NO2PS2. The van der Waals surface area contributed by atoms with Crippen molar-refractivity contribution in [1.82, 2.24) is 5.09 Å². The van der Waals surface area contributed by atoms with E-state index in [0.717, 1.165) is 12.8 Å². The standard InChI is InChI=1S/C8H18NO2PS2/c1-4-8(5-2)14-12(13,9-7-10)11-6-3/h7-8H,4-6H2,1-3H3,(H,9,10,13). The van der Waals surface area contributed by atoms with Crippen LogP contribution in [0.1, 0.15) is 33.6 Å². The summed E-state index contributed by atoms with van der Waals surface area (Å²) in [6, 6.07) is 0. The normalized spacial score (nSPS) is 15.1. The van der Waals surface area contributed by atoms with Crippen LogP contribution in [0, 0.1) is 0 Å². The van der Waals surface area contributed by atoms with Crippen molar-refractivity contribution in [2.45, 2.75) is 38.9 Å². The lowest BCUT2D eigenvalue weighted by molar-refractivity contribution is -0.108. The minimum atomic E-state index is -2.18. The SMILES string of the molecule is CCOP(=S)(NC=O)SC(CC)CC. The molecule has 0 aromatic carbocycles. The van der Waals surface area contributed by atoms with Gasteiger partial charge in [-0.25, -0.2) is 0 Å². The fraction of sp³-hybridized carbons (Fsp3) is 0.875. The largest absolute Gasteiger partial charge is 0.327 e. The molecule has 0 aliphatic rings. The number of hydrogen-bond donors (Lipinski definition) is 1. The third kappa shape index (κ3) is 5.35. The minimum absolute atomic E-state index is 0.472.